The molecule has 0 saturated heterocycles. The zero-order valence-electron chi connectivity index (χ0n) is 15.5. The van der Waals surface area contributed by atoms with Crippen molar-refractivity contribution >= 4 is 0 Å². The molecular formula is C22H29NO3. The Morgan fingerprint density at radius 1 is 1.04 bits per heavy atom. The van der Waals surface area contributed by atoms with Crippen molar-refractivity contribution in [1.29, 1.82) is 0 Å². The third-order valence-corrected chi connectivity index (χ3v) is 5.20. The van der Waals surface area contributed by atoms with Gasteiger partial charge in [-0.25, -0.2) is 0 Å². The number of hydrogen-bond acceptors (Lipinski definition) is 4. The Kier molecular flexibility index (Phi) is 6.17. The van der Waals surface area contributed by atoms with E-state index < -0.39 is 5.54 Å². The van der Waals surface area contributed by atoms with Gasteiger partial charge in [-0.1, -0.05) is 24.3 Å². The van der Waals surface area contributed by atoms with Gasteiger partial charge < -0.3 is 20.3 Å². The molecule has 2 aromatic carbocycles. The number of aliphatic hydroxyl groups is 1. The van der Waals surface area contributed by atoms with Gasteiger partial charge in [-0.2, -0.15) is 0 Å². The van der Waals surface area contributed by atoms with E-state index in [4.69, 9.17) is 15.2 Å². The molecule has 1 aliphatic rings. The molecule has 0 amide bonds. The van der Waals surface area contributed by atoms with Crippen molar-refractivity contribution in [2.45, 2.75) is 44.1 Å². The Bertz CT molecular complexity index is 684. The van der Waals surface area contributed by atoms with Crippen LogP contribution in [0.5, 0.6) is 11.5 Å². The lowest BCUT2D eigenvalue weighted by molar-refractivity contribution is 0.198. The average Bonchev–Trinajstić information content (AvgIpc) is 3.07. The molecule has 0 spiro atoms. The second-order valence-electron chi connectivity index (χ2n) is 7.20. The molecule has 0 aromatic heterocycles. The van der Waals surface area contributed by atoms with Crippen LogP contribution in [0.1, 0.15) is 43.2 Å². The fourth-order valence-electron chi connectivity index (χ4n) is 3.63. The quantitative estimate of drug-likeness (QED) is 0.758. The molecule has 1 fully saturated rings. The van der Waals surface area contributed by atoms with Crippen LogP contribution >= 0.6 is 0 Å². The summed E-state index contributed by atoms with van der Waals surface area (Å²) in [5.74, 6) is 2.23. The topological polar surface area (TPSA) is 64.7 Å². The van der Waals surface area contributed by atoms with Crippen LogP contribution in [0.3, 0.4) is 0 Å². The van der Waals surface area contributed by atoms with Crippen molar-refractivity contribution in [1.82, 2.24) is 0 Å². The van der Waals surface area contributed by atoms with Crippen molar-refractivity contribution in [3.8, 4) is 11.5 Å². The van der Waals surface area contributed by atoms with E-state index in [2.05, 4.69) is 24.3 Å². The molecular weight excluding hydrogens is 326 g/mol. The number of aliphatic hydroxyl groups excluding tert-OH is 1. The fraction of sp³-hybridized carbons (Fsp3) is 0.455. The molecule has 3 N–H and O–H groups in total. The zero-order valence-corrected chi connectivity index (χ0v) is 15.5. The van der Waals surface area contributed by atoms with Crippen LogP contribution in [-0.2, 0) is 6.42 Å². The second-order valence-corrected chi connectivity index (χ2v) is 7.20. The highest BCUT2D eigenvalue weighted by Gasteiger charge is 2.35. The van der Waals surface area contributed by atoms with Crippen LogP contribution in [0, 0.1) is 0 Å². The van der Waals surface area contributed by atoms with Gasteiger partial charge in [0.15, 0.2) is 0 Å². The molecule has 0 aliphatic heterocycles. The van der Waals surface area contributed by atoms with Crippen molar-refractivity contribution in [3.05, 3.63) is 59.7 Å². The smallest absolute Gasteiger partial charge is 0.119 e. The van der Waals surface area contributed by atoms with E-state index in [9.17, 15) is 5.11 Å². The normalized spacial score (nSPS) is 22.3. The lowest BCUT2D eigenvalue weighted by atomic mass is 9.94. The Morgan fingerprint density at radius 3 is 2.31 bits per heavy atom. The summed E-state index contributed by atoms with van der Waals surface area (Å²) >= 11 is 0. The number of nitrogens with two attached hydrogens (primary N) is 1. The largest absolute Gasteiger partial charge is 0.494 e. The predicted molar refractivity (Wildman–Crippen MR) is 104 cm³/mol. The van der Waals surface area contributed by atoms with Crippen molar-refractivity contribution in [2.75, 3.05) is 19.8 Å². The van der Waals surface area contributed by atoms with Gasteiger partial charge in [0, 0.05) is 12.0 Å². The maximum Gasteiger partial charge on any atom is 0.119 e. The Morgan fingerprint density at radius 2 is 1.69 bits per heavy atom. The van der Waals surface area contributed by atoms with Crippen molar-refractivity contribution in [2.24, 2.45) is 5.73 Å². The van der Waals surface area contributed by atoms with Gasteiger partial charge in [0.1, 0.15) is 11.5 Å². The summed E-state index contributed by atoms with van der Waals surface area (Å²) in [5, 5.41) is 9.42. The highest BCUT2D eigenvalue weighted by molar-refractivity contribution is 5.31. The number of rotatable bonds is 8. The standard InChI is InChI=1S/C22H29NO3/c1-2-25-20-7-3-17(4-8-20)12-14-26-21-9-5-18(6-10-21)19-11-13-22(23,15-19)16-24/h3-10,19,24H,2,11-16,23H2,1H3/t19-,22-/m1/s1. The van der Waals surface area contributed by atoms with Crippen molar-refractivity contribution in [3.63, 3.8) is 0 Å². The maximum atomic E-state index is 9.42. The molecule has 3 rings (SSSR count). The van der Waals surface area contributed by atoms with E-state index in [0.717, 1.165) is 37.2 Å². The Hall–Kier alpha value is -2.04. The maximum absolute atomic E-state index is 9.42. The fourth-order valence-corrected chi connectivity index (χ4v) is 3.63. The van der Waals surface area contributed by atoms with E-state index in [1.54, 1.807) is 0 Å². The summed E-state index contributed by atoms with van der Waals surface area (Å²) in [6.45, 7) is 3.38. The lowest BCUT2D eigenvalue weighted by Gasteiger charge is -2.21. The first-order valence-electron chi connectivity index (χ1n) is 9.46. The summed E-state index contributed by atoms with van der Waals surface area (Å²) < 4.78 is 11.3. The molecule has 1 saturated carbocycles. The van der Waals surface area contributed by atoms with Crippen LogP contribution in [-0.4, -0.2) is 30.5 Å². The minimum Gasteiger partial charge on any atom is -0.494 e. The summed E-state index contributed by atoms with van der Waals surface area (Å²) in [6.07, 6.45) is 3.63. The molecule has 4 heteroatoms. The third kappa shape index (κ3) is 4.77. The van der Waals surface area contributed by atoms with Gasteiger partial charge in [-0.15, -0.1) is 0 Å². The number of hydrogen-bond donors (Lipinski definition) is 2. The van der Waals surface area contributed by atoms with Gasteiger partial charge in [0.05, 0.1) is 19.8 Å². The first-order chi connectivity index (χ1) is 12.6. The number of ether oxygens (including phenoxy) is 2. The summed E-state index contributed by atoms with van der Waals surface area (Å²) in [7, 11) is 0. The van der Waals surface area contributed by atoms with Gasteiger partial charge in [-0.05, 0) is 67.5 Å². The first-order valence-corrected chi connectivity index (χ1v) is 9.46. The molecule has 0 unspecified atom stereocenters. The van der Waals surface area contributed by atoms with Crippen LogP contribution in [0.4, 0.5) is 0 Å². The molecule has 4 nitrogen and oxygen atoms in total. The minimum atomic E-state index is -0.405. The zero-order chi connectivity index (χ0) is 18.4. The summed E-state index contributed by atoms with van der Waals surface area (Å²) in [6, 6.07) is 16.5. The summed E-state index contributed by atoms with van der Waals surface area (Å²) in [4.78, 5) is 0. The molecule has 140 valence electrons. The average molecular weight is 355 g/mol. The Balaban J connectivity index is 1.47. The third-order valence-electron chi connectivity index (χ3n) is 5.20. The van der Waals surface area contributed by atoms with Crippen LogP contribution in [0.15, 0.2) is 48.5 Å². The first kappa shape index (κ1) is 18.7. The summed E-state index contributed by atoms with van der Waals surface area (Å²) in [5.41, 5.74) is 8.29. The predicted octanol–water partition coefficient (Wildman–Crippen LogP) is 3.66. The van der Waals surface area contributed by atoms with E-state index in [1.807, 2.05) is 31.2 Å². The van der Waals surface area contributed by atoms with Gasteiger partial charge in [0.25, 0.3) is 0 Å². The van der Waals surface area contributed by atoms with Crippen molar-refractivity contribution < 1.29 is 14.6 Å². The van der Waals surface area contributed by atoms with E-state index in [-0.39, 0.29) is 6.61 Å². The van der Waals surface area contributed by atoms with E-state index >= 15 is 0 Å². The molecule has 0 radical (unpaired) electrons. The highest BCUT2D eigenvalue weighted by Crippen LogP contribution is 2.39. The van der Waals surface area contributed by atoms with Gasteiger partial charge in [-0.3, -0.25) is 0 Å². The molecule has 2 aromatic rings. The monoisotopic (exact) mass is 355 g/mol. The Labute approximate surface area is 155 Å². The molecule has 2 atom stereocenters. The van der Waals surface area contributed by atoms with Crippen LogP contribution in [0.2, 0.25) is 0 Å². The SMILES string of the molecule is CCOc1ccc(CCOc2ccc([C@@H]3CC[C@](N)(CO)C3)cc2)cc1. The van der Waals surface area contributed by atoms with Gasteiger partial charge >= 0.3 is 0 Å². The lowest BCUT2D eigenvalue weighted by Crippen LogP contribution is -2.40. The van der Waals surface area contributed by atoms with Crippen LogP contribution < -0.4 is 15.2 Å². The highest BCUT2D eigenvalue weighted by atomic mass is 16.5. The number of benzene rings is 2. The molecule has 1 aliphatic carbocycles. The second kappa shape index (κ2) is 8.56. The molecule has 26 heavy (non-hydrogen) atoms. The molecule has 0 bridgehead atoms. The molecule has 0 heterocycles. The van der Waals surface area contributed by atoms with E-state index in [0.29, 0.717) is 19.1 Å². The van der Waals surface area contributed by atoms with Gasteiger partial charge in [0.2, 0.25) is 0 Å². The van der Waals surface area contributed by atoms with E-state index in [1.165, 1.54) is 11.1 Å². The van der Waals surface area contributed by atoms with Crippen LogP contribution in [0.25, 0.3) is 0 Å². The minimum absolute atomic E-state index is 0.0657.